The molecule has 0 bridgehead atoms. The van der Waals surface area contributed by atoms with Gasteiger partial charge in [-0.2, -0.15) is 5.26 Å². The van der Waals surface area contributed by atoms with Crippen LogP contribution in [0.3, 0.4) is 0 Å². The van der Waals surface area contributed by atoms with Gasteiger partial charge in [0.05, 0.1) is 0 Å². The minimum absolute atomic E-state index is 0.102. The number of benzene rings is 1. The molecule has 0 amide bonds. The Bertz CT molecular complexity index is 412. The van der Waals surface area contributed by atoms with Gasteiger partial charge in [-0.15, -0.1) is 0 Å². The molecular weight excluding hydrogens is 248 g/mol. The number of nitrogens with zero attached hydrogens (tertiary/aromatic N) is 1. The topological polar surface area (TPSA) is 45.0 Å². The Hall–Kier alpha value is -1.53. The zero-order valence-corrected chi connectivity index (χ0v) is 12.7. The van der Waals surface area contributed by atoms with Crippen molar-refractivity contribution >= 4 is 0 Å². The Labute approximate surface area is 123 Å². The Morgan fingerprint density at radius 2 is 2.15 bits per heavy atom. The van der Waals surface area contributed by atoms with Crippen LogP contribution >= 0.6 is 0 Å². The minimum Gasteiger partial charge on any atom is -0.479 e. The Morgan fingerprint density at radius 3 is 2.90 bits per heavy atom. The molecule has 0 radical (unpaired) electrons. The van der Waals surface area contributed by atoms with Crippen molar-refractivity contribution in [2.75, 3.05) is 6.61 Å². The average Bonchev–Trinajstić information content (AvgIpc) is 2.48. The Kier molecular flexibility index (Phi) is 8.49. The summed E-state index contributed by atoms with van der Waals surface area (Å²) in [6.45, 7) is 5.43. The number of nitrogens with one attached hydrogen (secondary N) is 1. The van der Waals surface area contributed by atoms with Crippen molar-refractivity contribution < 1.29 is 4.74 Å². The van der Waals surface area contributed by atoms with Crippen LogP contribution in [-0.4, -0.2) is 12.6 Å². The van der Waals surface area contributed by atoms with Crippen LogP contribution in [0.15, 0.2) is 24.3 Å². The molecule has 0 aliphatic rings. The Balaban J connectivity index is 2.28. The Morgan fingerprint density at radius 1 is 1.30 bits per heavy atom. The van der Waals surface area contributed by atoms with Gasteiger partial charge in [-0.25, -0.2) is 0 Å². The monoisotopic (exact) mass is 274 g/mol. The van der Waals surface area contributed by atoms with E-state index in [-0.39, 0.29) is 6.61 Å². The van der Waals surface area contributed by atoms with Gasteiger partial charge in [0, 0.05) is 12.6 Å². The molecule has 0 saturated heterocycles. The summed E-state index contributed by atoms with van der Waals surface area (Å²) in [5, 5.41) is 12.0. The summed E-state index contributed by atoms with van der Waals surface area (Å²) >= 11 is 0. The van der Waals surface area contributed by atoms with Crippen molar-refractivity contribution in [2.24, 2.45) is 0 Å². The summed E-state index contributed by atoms with van der Waals surface area (Å²) < 4.78 is 5.31. The molecule has 20 heavy (non-hydrogen) atoms. The molecular formula is C17H26N2O. The van der Waals surface area contributed by atoms with Crippen LogP contribution in [0.1, 0.15) is 51.5 Å². The fourth-order valence-electron chi connectivity index (χ4n) is 2.13. The fourth-order valence-corrected chi connectivity index (χ4v) is 2.13. The van der Waals surface area contributed by atoms with Gasteiger partial charge in [0.1, 0.15) is 11.8 Å². The van der Waals surface area contributed by atoms with E-state index in [1.807, 2.05) is 24.3 Å². The van der Waals surface area contributed by atoms with Crippen molar-refractivity contribution in [1.82, 2.24) is 5.32 Å². The molecule has 1 N–H and O–H groups in total. The largest absolute Gasteiger partial charge is 0.479 e. The zero-order chi connectivity index (χ0) is 14.6. The number of ether oxygens (including phenoxy) is 1. The highest BCUT2D eigenvalue weighted by molar-refractivity contribution is 5.28. The van der Waals surface area contributed by atoms with Crippen LogP contribution in [0, 0.1) is 11.3 Å². The maximum Gasteiger partial charge on any atom is 0.174 e. The number of unbranched alkanes of at least 4 members (excludes halogenated alkanes) is 3. The van der Waals surface area contributed by atoms with Crippen LogP contribution in [0.2, 0.25) is 0 Å². The maximum atomic E-state index is 8.51. The first-order valence-corrected chi connectivity index (χ1v) is 7.58. The van der Waals surface area contributed by atoms with Crippen molar-refractivity contribution in [2.45, 2.75) is 58.5 Å². The smallest absolute Gasteiger partial charge is 0.174 e. The third kappa shape index (κ3) is 7.16. The van der Waals surface area contributed by atoms with E-state index in [0.717, 1.165) is 12.3 Å². The lowest BCUT2D eigenvalue weighted by atomic mass is 10.1. The third-order valence-electron chi connectivity index (χ3n) is 3.35. The van der Waals surface area contributed by atoms with Gasteiger partial charge in [0.2, 0.25) is 0 Å². The molecule has 0 spiro atoms. The number of hydrogen-bond donors (Lipinski definition) is 1. The normalized spacial score (nSPS) is 11.8. The predicted molar refractivity (Wildman–Crippen MR) is 82.6 cm³/mol. The molecule has 0 aliphatic heterocycles. The summed E-state index contributed by atoms with van der Waals surface area (Å²) in [6.07, 6.45) is 6.49. The average molecular weight is 274 g/mol. The van der Waals surface area contributed by atoms with Crippen LogP contribution in [-0.2, 0) is 6.54 Å². The van der Waals surface area contributed by atoms with Crippen molar-refractivity contribution in [3.63, 3.8) is 0 Å². The second kappa shape index (κ2) is 10.3. The van der Waals surface area contributed by atoms with Crippen LogP contribution in [0.5, 0.6) is 5.75 Å². The van der Waals surface area contributed by atoms with Crippen LogP contribution < -0.4 is 10.1 Å². The molecule has 110 valence electrons. The second-order valence-electron chi connectivity index (χ2n) is 5.23. The highest BCUT2D eigenvalue weighted by Crippen LogP contribution is 2.13. The quantitative estimate of drug-likeness (QED) is 0.655. The van der Waals surface area contributed by atoms with Gasteiger partial charge >= 0.3 is 0 Å². The SMILES string of the molecule is CCCCCCC(C)NCc1cccc(OCC#N)c1. The molecule has 0 saturated carbocycles. The van der Waals surface area contributed by atoms with E-state index in [1.165, 1.54) is 37.7 Å². The first kappa shape index (κ1) is 16.5. The third-order valence-corrected chi connectivity index (χ3v) is 3.35. The van der Waals surface area contributed by atoms with Gasteiger partial charge in [-0.05, 0) is 31.0 Å². The van der Waals surface area contributed by atoms with E-state index in [4.69, 9.17) is 10.00 Å². The lowest BCUT2D eigenvalue weighted by Gasteiger charge is -2.14. The molecule has 1 unspecified atom stereocenters. The lowest BCUT2D eigenvalue weighted by Crippen LogP contribution is -2.25. The van der Waals surface area contributed by atoms with Gasteiger partial charge < -0.3 is 10.1 Å². The molecule has 1 rings (SSSR count). The van der Waals surface area contributed by atoms with E-state index in [2.05, 4.69) is 25.2 Å². The zero-order valence-electron chi connectivity index (χ0n) is 12.7. The van der Waals surface area contributed by atoms with Crippen LogP contribution in [0.4, 0.5) is 0 Å². The molecule has 0 aromatic heterocycles. The van der Waals surface area contributed by atoms with Crippen molar-refractivity contribution in [3.05, 3.63) is 29.8 Å². The minimum atomic E-state index is 0.102. The van der Waals surface area contributed by atoms with Crippen LogP contribution in [0.25, 0.3) is 0 Å². The number of hydrogen-bond acceptors (Lipinski definition) is 3. The summed E-state index contributed by atoms with van der Waals surface area (Å²) in [7, 11) is 0. The first-order valence-electron chi connectivity index (χ1n) is 7.58. The van der Waals surface area contributed by atoms with Gasteiger partial charge in [-0.1, -0.05) is 44.7 Å². The summed E-state index contributed by atoms with van der Waals surface area (Å²) in [5.41, 5.74) is 1.20. The lowest BCUT2D eigenvalue weighted by molar-refractivity contribution is 0.367. The second-order valence-corrected chi connectivity index (χ2v) is 5.23. The van der Waals surface area contributed by atoms with E-state index in [9.17, 15) is 0 Å². The van der Waals surface area contributed by atoms with E-state index < -0.39 is 0 Å². The van der Waals surface area contributed by atoms with E-state index >= 15 is 0 Å². The van der Waals surface area contributed by atoms with E-state index in [1.54, 1.807) is 0 Å². The van der Waals surface area contributed by atoms with Gasteiger partial charge in [-0.3, -0.25) is 0 Å². The standard InChI is InChI=1S/C17H26N2O/c1-3-4-5-6-8-15(2)19-14-16-9-7-10-17(13-16)20-12-11-18/h7,9-10,13,15,19H,3-6,8,12,14H2,1-2H3. The summed E-state index contributed by atoms with van der Waals surface area (Å²) in [4.78, 5) is 0. The number of rotatable bonds is 10. The number of nitriles is 1. The molecule has 0 fully saturated rings. The maximum absolute atomic E-state index is 8.51. The fraction of sp³-hybridized carbons (Fsp3) is 0.588. The van der Waals surface area contributed by atoms with Crippen molar-refractivity contribution in [1.29, 1.82) is 5.26 Å². The molecule has 1 aromatic carbocycles. The predicted octanol–water partition coefficient (Wildman–Crippen LogP) is 4.04. The molecule has 1 aromatic rings. The van der Waals surface area contributed by atoms with Crippen molar-refractivity contribution in [3.8, 4) is 11.8 Å². The summed E-state index contributed by atoms with van der Waals surface area (Å²) in [6, 6.07) is 10.4. The molecule has 1 atom stereocenters. The highest BCUT2D eigenvalue weighted by atomic mass is 16.5. The molecule has 0 aliphatic carbocycles. The molecule has 3 heteroatoms. The highest BCUT2D eigenvalue weighted by Gasteiger charge is 2.02. The molecule has 0 heterocycles. The first-order chi connectivity index (χ1) is 9.76. The van der Waals surface area contributed by atoms with Gasteiger partial charge in [0.15, 0.2) is 6.61 Å². The molecule has 3 nitrogen and oxygen atoms in total. The van der Waals surface area contributed by atoms with E-state index in [0.29, 0.717) is 6.04 Å². The van der Waals surface area contributed by atoms with Gasteiger partial charge in [0.25, 0.3) is 0 Å². The summed E-state index contributed by atoms with van der Waals surface area (Å²) in [5.74, 6) is 0.765.